The van der Waals surface area contributed by atoms with Crippen LogP contribution in [0.4, 0.5) is 10.1 Å². The summed E-state index contributed by atoms with van der Waals surface area (Å²) in [4.78, 5) is 29.1. The molecule has 1 aliphatic rings. The maximum Gasteiger partial charge on any atom is 0.274 e. The Morgan fingerprint density at radius 3 is 2.82 bits per heavy atom. The van der Waals surface area contributed by atoms with Crippen LogP contribution in [-0.4, -0.2) is 38.5 Å². The third-order valence-electron chi connectivity index (χ3n) is 4.92. The number of carbonyl (C=O) groups excluding carboxylic acids is 2. The molecule has 0 spiro atoms. The van der Waals surface area contributed by atoms with Crippen LogP contribution in [0.15, 0.2) is 48.8 Å². The number of imidazole rings is 1. The number of pyridine rings is 1. The number of anilines is 1. The highest BCUT2D eigenvalue weighted by atomic mass is 19.1. The number of aliphatic hydroxyl groups is 1. The van der Waals surface area contributed by atoms with Crippen molar-refractivity contribution in [1.82, 2.24) is 14.7 Å². The lowest BCUT2D eigenvalue weighted by Crippen LogP contribution is -2.39. The minimum atomic E-state index is -0.653. The molecule has 28 heavy (non-hydrogen) atoms. The summed E-state index contributed by atoms with van der Waals surface area (Å²) in [5, 5.41) is 15.1. The summed E-state index contributed by atoms with van der Waals surface area (Å²) < 4.78 is 15.8. The summed E-state index contributed by atoms with van der Waals surface area (Å²) in [5.74, 6) is -1.61. The van der Waals surface area contributed by atoms with Crippen molar-refractivity contribution in [2.45, 2.75) is 31.4 Å². The lowest BCUT2D eigenvalue weighted by atomic mass is 10.1. The first-order chi connectivity index (χ1) is 13.5. The second-order valence-electron chi connectivity index (χ2n) is 6.80. The molecule has 7 nitrogen and oxygen atoms in total. The number of benzene rings is 1. The van der Waals surface area contributed by atoms with Crippen LogP contribution >= 0.6 is 0 Å². The topological polar surface area (TPSA) is 95.7 Å². The van der Waals surface area contributed by atoms with Crippen LogP contribution in [0.5, 0.6) is 0 Å². The Labute approximate surface area is 160 Å². The normalized spacial score (nSPS) is 18.9. The first kappa shape index (κ1) is 18.1. The standard InChI is InChI=1S/C20H19FN4O3/c21-13-8-7-12(19(27)23-14-4-3-5-17(14)26)10-15(13)24-20(28)16-11-22-18-6-1-2-9-25(16)18/h1-2,6-11,14,17,26H,3-5H2,(H,23,27)(H,24,28)/t14-,17-/m0/s1. The summed E-state index contributed by atoms with van der Waals surface area (Å²) in [6, 6.07) is 8.75. The number of rotatable bonds is 4. The van der Waals surface area contributed by atoms with Crippen LogP contribution in [0, 0.1) is 5.82 Å². The van der Waals surface area contributed by atoms with Gasteiger partial charge in [-0.1, -0.05) is 6.07 Å². The van der Waals surface area contributed by atoms with Gasteiger partial charge in [-0.15, -0.1) is 0 Å². The number of amides is 2. The molecule has 3 aromatic rings. The van der Waals surface area contributed by atoms with Crippen LogP contribution in [0.25, 0.3) is 5.65 Å². The van der Waals surface area contributed by atoms with Gasteiger partial charge in [0.25, 0.3) is 11.8 Å². The van der Waals surface area contributed by atoms with Gasteiger partial charge in [0.05, 0.1) is 24.0 Å². The lowest BCUT2D eigenvalue weighted by Gasteiger charge is -2.17. The van der Waals surface area contributed by atoms with E-state index in [9.17, 15) is 19.1 Å². The van der Waals surface area contributed by atoms with Crippen LogP contribution in [-0.2, 0) is 0 Å². The number of carbonyl (C=O) groups is 2. The number of nitrogens with zero attached hydrogens (tertiary/aromatic N) is 2. The van der Waals surface area contributed by atoms with Gasteiger partial charge in [0.1, 0.15) is 17.2 Å². The third-order valence-corrected chi connectivity index (χ3v) is 4.92. The molecular formula is C20H19FN4O3. The fourth-order valence-corrected chi connectivity index (χ4v) is 3.41. The molecule has 144 valence electrons. The number of aliphatic hydroxyl groups excluding tert-OH is 1. The maximum absolute atomic E-state index is 14.2. The van der Waals surface area contributed by atoms with Crippen molar-refractivity contribution >= 4 is 23.1 Å². The molecule has 0 aliphatic heterocycles. The van der Waals surface area contributed by atoms with Gasteiger partial charge in [-0.25, -0.2) is 9.37 Å². The van der Waals surface area contributed by atoms with Crippen LogP contribution in [0.2, 0.25) is 0 Å². The first-order valence-corrected chi connectivity index (χ1v) is 9.05. The maximum atomic E-state index is 14.2. The second kappa shape index (κ2) is 7.40. The van der Waals surface area contributed by atoms with Gasteiger partial charge in [0.15, 0.2) is 0 Å². The molecule has 4 rings (SSSR count). The van der Waals surface area contributed by atoms with Gasteiger partial charge in [0, 0.05) is 11.8 Å². The van der Waals surface area contributed by atoms with E-state index >= 15 is 0 Å². The van der Waals surface area contributed by atoms with E-state index in [1.807, 2.05) is 0 Å². The minimum absolute atomic E-state index is 0.101. The quantitative estimate of drug-likeness (QED) is 0.646. The number of aromatic nitrogens is 2. The smallest absolute Gasteiger partial charge is 0.274 e. The zero-order valence-corrected chi connectivity index (χ0v) is 14.9. The Morgan fingerprint density at radius 1 is 1.18 bits per heavy atom. The molecule has 1 fully saturated rings. The number of halogens is 1. The van der Waals surface area contributed by atoms with Gasteiger partial charge in [0.2, 0.25) is 0 Å². The Kier molecular flexibility index (Phi) is 4.79. The van der Waals surface area contributed by atoms with Crippen molar-refractivity contribution in [3.05, 3.63) is 65.9 Å². The van der Waals surface area contributed by atoms with Crippen molar-refractivity contribution in [3.8, 4) is 0 Å². The van der Waals surface area contributed by atoms with E-state index in [1.165, 1.54) is 18.3 Å². The predicted octanol–water partition coefficient (Wildman–Crippen LogP) is 2.37. The Morgan fingerprint density at radius 2 is 2.04 bits per heavy atom. The minimum Gasteiger partial charge on any atom is -0.391 e. The Balaban J connectivity index is 1.54. The van der Waals surface area contributed by atoms with E-state index in [2.05, 4.69) is 15.6 Å². The highest BCUT2D eigenvalue weighted by Crippen LogP contribution is 2.21. The van der Waals surface area contributed by atoms with E-state index in [4.69, 9.17) is 0 Å². The molecule has 0 radical (unpaired) electrons. The van der Waals surface area contributed by atoms with E-state index in [1.54, 1.807) is 28.8 Å². The Bertz CT molecular complexity index is 1050. The second-order valence-corrected chi connectivity index (χ2v) is 6.80. The van der Waals surface area contributed by atoms with Crippen LogP contribution in [0.1, 0.15) is 40.1 Å². The van der Waals surface area contributed by atoms with Gasteiger partial charge in [-0.05, 0) is 49.6 Å². The molecule has 1 saturated carbocycles. The van der Waals surface area contributed by atoms with E-state index in [-0.39, 0.29) is 23.0 Å². The fourth-order valence-electron chi connectivity index (χ4n) is 3.41. The zero-order chi connectivity index (χ0) is 19.7. The van der Waals surface area contributed by atoms with E-state index in [0.717, 1.165) is 12.5 Å². The highest BCUT2D eigenvalue weighted by Gasteiger charge is 2.27. The summed E-state index contributed by atoms with van der Waals surface area (Å²) >= 11 is 0. The van der Waals surface area contributed by atoms with Gasteiger partial charge < -0.3 is 15.7 Å². The molecule has 8 heteroatoms. The number of hydrogen-bond acceptors (Lipinski definition) is 4. The fraction of sp³-hybridized carbons (Fsp3) is 0.250. The molecule has 0 saturated heterocycles. The molecular weight excluding hydrogens is 363 g/mol. The van der Waals surface area contributed by atoms with E-state index in [0.29, 0.717) is 18.5 Å². The molecule has 0 bridgehead atoms. The number of nitrogens with one attached hydrogen (secondary N) is 2. The van der Waals surface area contributed by atoms with Crippen LogP contribution in [0.3, 0.4) is 0 Å². The molecule has 3 N–H and O–H groups in total. The van der Waals surface area contributed by atoms with Crippen molar-refractivity contribution in [3.63, 3.8) is 0 Å². The third kappa shape index (κ3) is 3.46. The predicted molar refractivity (Wildman–Crippen MR) is 101 cm³/mol. The summed E-state index contributed by atoms with van der Waals surface area (Å²) in [7, 11) is 0. The van der Waals surface area contributed by atoms with Gasteiger partial charge in [-0.3, -0.25) is 14.0 Å². The summed E-state index contributed by atoms with van der Waals surface area (Å²) in [6.07, 6.45) is 4.71. The van der Waals surface area contributed by atoms with Gasteiger partial charge >= 0.3 is 0 Å². The first-order valence-electron chi connectivity index (χ1n) is 9.05. The van der Waals surface area contributed by atoms with Gasteiger partial charge in [-0.2, -0.15) is 0 Å². The molecule has 2 amide bonds. The molecule has 1 aromatic carbocycles. The number of fused-ring (bicyclic) bond motifs is 1. The molecule has 0 unspecified atom stereocenters. The van der Waals surface area contributed by atoms with Crippen molar-refractivity contribution in [1.29, 1.82) is 0 Å². The SMILES string of the molecule is O=C(N[C@H]1CCC[C@@H]1O)c1ccc(F)c(NC(=O)c2cnc3ccccn23)c1. The Hall–Kier alpha value is -3.26. The average Bonchev–Trinajstić information content (AvgIpc) is 3.30. The van der Waals surface area contributed by atoms with E-state index < -0.39 is 23.7 Å². The monoisotopic (exact) mass is 382 g/mol. The molecule has 2 atom stereocenters. The summed E-state index contributed by atoms with van der Waals surface area (Å²) in [6.45, 7) is 0. The van der Waals surface area contributed by atoms with Crippen molar-refractivity contribution in [2.24, 2.45) is 0 Å². The highest BCUT2D eigenvalue weighted by molar-refractivity contribution is 6.04. The average molecular weight is 382 g/mol. The lowest BCUT2D eigenvalue weighted by molar-refractivity contribution is 0.0872. The zero-order valence-electron chi connectivity index (χ0n) is 14.9. The largest absolute Gasteiger partial charge is 0.391 e. The van der Waals surface area contributed by atoms with Crippen LogP contribution < -0.4 is 10.6 Å². The molecule has 2 aromatic heterocycles. The molecule has 2 heterocycles. The molecule has 1 aliphatic carbocycles. The number of hydrogen-bond donors (Lipinski definition) is 3. The van der Waals surface area contributed by atoms with Crippen molar-refractivity contribution in [2.75, 3.05) is 5.32 Å². The summed E-state index contributed by atoms with van der Waals surface area (Å²) in [5.41, 5.74) is 0.944. The van der Waals surface area contributed by atoms with Crippen molar-refractivity contribution < 1.29 is 19.1 Å².